The van der Waals surface area contributed by atoms with Crippen molar-refractivity contribution in [2.45, 2.75) is 44.9 Å². The van der Waals surface area contributed by atoms with Crippen molar-refractivity contribution < 1.29 is 4.79 Å². The Bertz CT molecular complexity index is 469. The molecule has 0 bridgehead atoms. The Balaban J connectivity index is 1.86. The van der Waals surface area contributed by atoms with Gasteiger partial charge in [-0.05, 0) is 31.6 Å². The monoisotopic (exact) mass is 308 g/mol. The van der Waals surface area contributed by atoms with Gasteiger partial charge in [-0.3, -0.25) is 0 Å². The normalized spacial score (nSPS) is 19.1. The summed E-state index contributed by atoms with van der Waals surface area (Å²) in [6.45, 7) is 6.21. The van der Waals surface area contributed by atoms with Crippen molar-refractivity contribution in [3.8, 4) is 0 Å². The highest BCUT2D eigenvalue weighted by atomic mass is 32.2. The predicted molar refractivity (Wildman–Crippen MR) is 86.3 cm³/mol. The summed E-state index contributed by atoms with van der Waals surface area (Å²) >= 11 is 1.96. The van der Waals surface area contributed by atoms with Crippen LogP contribution in [0.25, 0.3) is 0 Å². The van der Waals surface area contributed by atoms with Crippen molar-refractivity contribution in [2.75, 3.05) is 18.8 Å². The van der Waals surface area contributed by atoms with Crippen LogP contribution in [0.4, 0.5) is 4.79 Å². The maximum absolute atomic E-state index is 12.3. The molecule has 2 rings (SSSR count). The van der Waals surface area contributed by atoms with E-state index in [0.29, 0.717) is 11.8 Å². The lowest BCUT2D eigenvalue weighted by molar-refractivity contribution is 0.200. The van der Waals surface area contributed by atoms with Gasteiger partial charge in [0.2, 0.25) is 0 Å². The summed E-state index contributed by atoms with van der Waals surface area (Å²) in [7, 11) is 0. The molecule has 2 amide bonds. The van der Waals surface area contributed by atoms with E-state index in [9.17, 15) is 4.79 Å². The number of carbonyl (C=O) groups is 1. The minimum absolute atomic E-state index is 0.0230. The average Bonchev–Trinajstić information content (AvgIpc) is 2.71. The molecule has 1 aromatic rings. The summed E-state index contributed by atoms with van der Waals surface area (Å²) in [6, 6.07) is 1.86. The molecule has 1 saturated heterocycles. The Hall–Kier alpha value is -1.30. The number of amides is 2. The highest BCUT2D eigenvalue weighted by molar-refractivity contribution is 7.99. The number of nitrogens with one attached hydrogen (secondary N) is 1. The summed E-state index contributed by atoms with van der Waals surface area (Å²) in [5.41, 5.74) is 0.852. The number of likely N-dealkylation sites (tertiary alicyclic amines) is 1. The zero-order valence-electron chi connectivity index (χ0n) is 12.8. The van der Waals surface area contributed by atoms with E-state index in [-0.39, 0.29) is 6.03 Å². The van der Waals surface area contributed by atoms with Crippen LogP contribution in [0.2, 0.25) is 0 Å². The number of aromatic nitrogens is 2. The van der Waals surface area contributed by atoms with Crippen LogP contribution in [0.5, 0.6) is 0 Å². The number of thioether (sulfide) groups is 1. The fraction of sp³-hybridized carbons (Fsp3) is 0.667. The molecule has 1 aliphatic heterocycles. The van der Waals surface area contributed by atoms with Crippen LogP contribution in [-0.4, -0.2) is 45.0 Å². The summed E-state index contributed by atoms with van der Waals surface area (Å²) < 4.78 is 0. The molecule has 5 nitrogen and oxygen atoms in total. The van der Waals surface area contributed by atoms with Gasteiger partial charge < -0.3 is 10.2 Å². The molecule has 1 unspecified atom stereocenters. The van der Waals surface area contributed by atoms with Crippen molar-refractivity contribution in [3.63, 3.8) is 0 Å². The summed E-state index contributed by atoms with van der Waals surface area (Å²) in [5, 5.41) is 3.55. The van der Waals surface area contributed by atoms with E-state index in [1.807, 2.05) is 29.7 Å². The number of nitrogens with zero attached hydrogens (tertiary/aromatic N) is 3. The second-order valence-corrected chi connectivity index (χ2v) is 6.85. The van der Waals surface area contributed by atoms with Crippen LogP contribution in [0, 0.1) is 6.92 Å². The Morgan fingerprint density at radius 3 is 3.14 bits per heavy atom. The molecule has 0 spiro atoms. The zero-order chi connectivity index (χ0) is 15.1. The van der Waals surface area contributed by atoms with Gasteiger partial charge in [0.25, 0.3) is 0 Å². The fourth-order valence-electron chi connectivity index (χ4n) is 2.54. The Labute approximate surface area is 130 Å². The second kappa shape index (κ2) is 8.22. The molecule has 6 heteroatoms. The molecule has 1 fully saturated rings. The zero-order valence-corrected chi connectivity index (χ0v) is 13.7. The summed E-state index contributed by atoms with van der Waals surface area (Å²) in [6.07, 6.45) is 5.25. The van der Waals surface area contributed by atoms with Crippen molar-refractivity contribution in [2.24, 2.45) is 0 Å². The van der Waals surface area contributed by atoms with Gasteiger partial charge in [-0.25, -0.2) is 14.8 Å². The van der Waals surface area contributed by atoms with Crippen LogP contribution in [0.15, 0.2) is 12.3 Å². The molecule has 0 aliphatic carbocycles. The number of rotatable bonds is 4. The molecular formula is C15H24N4OS. The molecule has 1 atom stereocenters. The number of hydrogen-bond acceptors (Lipinski definition) is 4. The van der Waals surface area contributed by atoms with Crippen molar-refractivity contribution in [3.05, 3.63) is 23.8 Å². The first-order valence-electron chi connectivity index (χ1n) is 7.62. The second-order valence-electron chi connectivity index (χ2n) is 5.27. The van der Waals surface area contributed by atoms with Gasteiger partial charge in [-0.15, -0.1) is 0 Å². The fourth-order valence-corrected chi connectivity index (χ4v) is 3.63. The van der Waals surface area contributed by atoms with Crippen molar-refractivity contribution in [1.29, 1.82) is 0 Å². The largest absolute Gasteiger partial charge is 0.332 e. The predicted octanol–water partition coefficient (Wildman–Crippen LogP) is 2.60. The van der Waals surface area contributed by atoms with E-state index in [1.54, 1.807) is 6.20 Å². The van der Waals surface area contributed by atoms with Crippen LogP contribution >= 0.6 is 11.8 Å². The first kappa shape index (κ1) is 16.1. The standard InChI is InChI=1S/C15H24N4OS/c1-3-21-14-6-4-5-9-19(11-14)15(20)17-10-13-7-8-16-12(2)18-13/h7-8,14H,3-6,9-11H2,1-2H3,(H,17,20). The van der Waals surface area contributed by atoms with Gasteiger partial charge >= 0.3 is 6.03 Å². The van der Waals surface area contributed by atoms with Crippen molar-refractivity contribution in [1.82, 2.24) is 20.2 Å². The van der Waals surface area contributed by atoms with Gasteiger partial charge in [0.15, 0.2) is 0 Å². The van der Waals surface area contributed by atoms with Crippen LogP contribution in [0.1, 0.15) is 37.7 Å². The SMILES string of the molecule is CCSC1CCCCN(C(=O)NCc2ccnc(C)n2)C1. The van der Waals surface area contributed by atoms with Gasteiger partial charge in [-0.1, -0.05) is 13.3 Å². The molecule has 0 radical (unpaired) electrons. The minimum Gasteiger partial charge on any atom is -0.332 e. The molecule has 0 aromatic carbocycles. The third-order valence-electron chi connectivity index (χ3n) is 3.57. The van der Waals surface area contributed by atoms with Gasteiger partial charge in [0.05, 0.1) is 12.2 Å². The third kappa shape index (κ3) is 5.19. The van der Waals surface area contributed by atoms with E-state index in [2.05, 4.69) is 22.2 Å². The lowest BCUT2D eigenvalue weighted by Crippen LogP contribution is -2.42. The molecule has 1 N–H and O–H groups in total. The molecule has 1 aromatic heterocycles. The van der Waals surface area contributed by atoms with E-state index in [0.717, 1.165) is 36.8 Å². The highest BCUT2D eigenvalue weighted by Gasteiger charge is 2.21. The number of aryl methyl sites for hydroxylation is 1. The summed E-state index contributed by atoms with van der Waals surface area (Å²) in [5.74, 6) is 1.84. The maximum atomic E-state index is 12.3. The van der Waals surface area contributed by atoms with Crippen molar-refractivity contribution >= 4 is 17.8 Å². The Morgan fingerprint density at radius 1 is 1.52 bits per heavy atom. The van der Waals surface area contributed by atoms with Gasteiger partial charge in [0, 0.05) is 24.5 Å². The van der Waals surface area contributed by atoms with Gasteiger partial charge in [-0.2, -0.15) is 11.8 Å². The first-order chi connectivity index (χ1) is 10.2. The van der Waals surface area contributed by atoms with Gasteiger partial charge in [0.1, 0.15) is 5.82 Å². The van der Waals surface area contributed by atoms with Crippen LogP contribution < -0.4 is 5.32 Å². The third-order valence-corrected chi connectivity index (χ3v) is 4.76. The molecule has 2 heterocycles. The maximum Gasteiger partial charge on any atom is 0.317 e. The lowest BCUT2D eigenvalue weighted by Gasteiger charge is -2.24. The Morgan fingerprint density at radius 2 is 2.38 bits per heavy atom. The van der Waals surface area contributed by atoms with E-state index >= 15 is 0 Å². The molecule has 0 saturated carbocycles. The molecule has 116 valence electrons. The molecular weight excluding hydrogens is 284 g/mol. The first-order valence-corrected chi connectivity index (χ1v) is 8.67. The van der Waals surface area contributed by atoms with E-state index in [1.165, 1.54) is 12.8 Å². The average molecular weight is 308 g/mol. The summed E-state index contributed by atoms with van der Waals surface area (Å²) in [4.78, 5) is 22.6. The number of hydrogen-bond donors (Lipinski definition) is 1. The molecule has 21 heavy (non-hydrogen) atoms. The highest BCUT2D eigenvalue weighted by Crippen LogP contribution is 2.21. The minimum atomic E-state index is 0.0230. The number of urea groups is 1. The molecule has 1 aliphatic rings. The van der Waals surface area contributed by atoms with E-state index < -0.39 is 0 Å². The lowest BCUT2D eigenvalue weighted by atomic mass is 10.2. The van der Waals surface area contributed by atoms with E-state index in [4.69, 9.17) is 0 Å². The number of carbonyl (C=O) groups excluding carboxylic acids is 1. The smallest absolute Gasteiger partial charge is 0.317 e. The van der Waals surface area contributed by atoms with Crippen LogP contribution in [0.3, 0.4) is 0 Å². The topological polar surface area (TPSA) is 58.1 Å². The van der Waals surface area contributed by atoms with Crippen LogP contribution in [-0.2, 0) is 6.54 Å². The Kier molecular flexibility index (Phi) is 6.29. The quantitative estimate of drug-likeness (QED) is 0.929.